The maximum Gasteiger partial charge on any atom is 0.428 e. The average Bonchev–Trinajstić information content (AvgIpc) is 2.36. The molecule has 0 saturated carbocycles. The summed E-state index contributed by atoms with van der Waals surface area (Å²) >= 11 is 0. The molecule has 0 aliphatic heterocycles. The van der Waals surface area contributed by atoms with Crippen molar-refractivity contribution in [3.8, 4) is 6.07 Å². The van der Waals surface area contributed by atoms with Crippen LogP contribution in [0.5, 0.6) is 0 Å². The first-order chi connectivity index (χ1) is 9.23. The van der Waals surface area contributed by atoms with Gasteiger partial charge in [0.05, 0.1) is 11.6 Å². The molecule has 6 nitrogen and oxygen atoms in total. The van der Waals surface area contributed by atoms with Crippen LogP contribution in [0.4, 0.5) is 4.79 Å². The molecule has 0 saturated heterocycles. The van der Waals surface area contributed by atoms with E-state index in [-0.39, 0.29) is 0 Å². The number of nitriles is 1. The van der Waals surface area contributed by atoms with E-state index in [1.165, 1.54) is 13.1 Å². The van der Waals surface area contributed by atoms with Gasteiger partial charge in [-0.1, -0.05) is 6.07 Å². The lowest BCUT2D eigenvalue weighted by Crippen LogP contribution is -2.45. The first-order valence-electron chi connectivity index (χ1n) is 6.01. The van der Waals surface area contributed by atoms with Crippen molar-refractivity contribution < 1.29 is 14.3 Å². The molecule has 0 heterocycles. The molecule has 1 N–H and O–H groups in total. The Bertz CT molecular complexity index is 556. The van der Waals surface area contributed by atoms with Crippen molar-refractivity contribution in [2.24, 2.45) is 0 Å². The van der Waals surface area contributed by atoms with Crippen LogP contribution in [-0.2, 0) is 4.74 Å². The Morgan fingerprint density at radius 2 is 2.00 bits per heavy atom. The second kappa shape index (κ2) is 6.06. The van der Waals surface area contributed by atoms with Gasteiger partial charge in [0, 0.05) is 12.6 Å². The van der Waals surface area contributed by atoms with E-state index in [0.717, 1.165) is 5.01 Å². The summed E-state index contributed by atoms with van der Waals surface area (Å²) in [4.78, 5) is 23.6. The minimum atomic E-state index is -0.665. The summed E-state index contributed by atoms with van der Waals surface area (Å²) in [5.41, 5.74) is 2.40. The highest BCUT2D eigenvalue weighted by molar-refractivity contribution is 5.95. The van der Waals surface area contributed by atoms with Gasteiger partial charge in [0.1, 0.15) is 5.60 Å². The van der Waals surface area contributed by atoms with Gasteiger partial charge in [-0.15, -0.1) is 0 Å². The number of hydrazine groups is 1. The maximum absolute atomic E-state index is 11.9. The van der Waals surface area contributed by atoms with Crippen LogP contribution in [0.15, 0.2) is 24.3 Å². The summed E-state index contributed by atoms with van der Waals surface area (Å²) in [6.45, 7) is 5.20. The van der Waals surface area contributed by atoms with Crippen LogP contribution in [0, 0.1) is 11.3 Å². The van der Waals surface area contributed by atoms with Crippen LogP contribution < -0.4 is 5.43 Å². The predicted octanol–water partition coefficient (Wildman–Crippen LogP) is 2.07. The van der Waals surface area contributed by atoms with E-state index in [9.17, 15) is 9.59 Å². The molecule has 6 heteroatoms. The zero-order valence-electron chi connectivity index (χ0n) is 11.9. The summed E-state index contributed by atoms with van der Waals surface area (Å²) in [5, 5.41) is 9.74. The van der Waals surface area contributed by atoms with E-state index in [0.29, 0.717) is 11.1 Å². The molecular weight excluding hydrogens is 258 g/mol. The number of nitrogens with zero attached hydrogens (tertiary/aromatic N) is 2. The number of rotatable bonds is 1. The van der Waals surface area contributed by atoms with Crippen molar-refractivity contribution in [3.05, 3.63) is 35.4 Å². The number of amides is 2. The molecular formula is C14H17N3O3. The monoisotopic (exact) mass is 275 g/mol. The predicted molar refractivity (Wildman–Crippen MR) is 72.6 cm³/mol. The molecule has 1 aromatic carbocycles. The van der Waals surface area contributed by atoms with Gasteiger partial charge < -0.3 is 4.74 Å². The zero-order valence-corrected chi connectivity index (χ0v) is 11.9. The Balaban J connectivity index is 2.70. The largest absolute Gasteiger partial charge is 0.442 e. The Morgan fingerprint density at radius 3 is 2.55 bits per heavy atom. The molecule has 2 amide bonds. The van der Waals surface area contributed by atoms with E-state index in [4.69, 9.17) is 10.00 Å². The number of benzene rings is 1. The van der Waals surface area contributed by atoms with Crippen molar-refractivity contribution in [1.82, 2.24) is 10.4 Å². The fourth-order valence-electron chi connectivity index (χ4n) is 1.32. The minimum Gasteiger partial charge on any atom is -0.442 e. The number of hydrogen-bond acceptors (Lipinski definition) is 4. The van der Waals surface area contributed by atoms with E-state index < -0.39 is 17.6 Å². The molecule has 1 rings (SSSR count). The van der Waals surface area contributed by atoms with Crippen molar-refractivity contribution in [2.75, 3.05) is 7.05 Å². The van der Waals surface area contributed by atoms with Gasteiger partial charge in [0.2, 0.25) is 0 Å². The van der Waals surface area contributed by atoms with Crippen LogP contribution >= 0.6 is 0 Å². The lowest BCUT2D eigenvalue weighted by atomic mass is 10.1. The Morgan fingerprint density at radius 1 is 1.35 bits per heavy atom. The highest BCUT2D eigenvalue weighted by Crippen LogP contribution is 2.09. The number of hydrogen-bond donors (Lipinski definition) is 1. The third kappa shape index (κ3) is 4.61. The van der Waals surface area contributed by atoms with Gasteiger partial charge in [0.25, 0.3) is 5.91 Å². The topological polar surface area (TPSA) is 82.4 Å². The lowest BCUT2D eigenvalue weighted by Gasteiger charge is -2.24. The van der Waals surface area contributed by atoms with Gasteiger partial charge in [-0.25, -0.2) is 9.80 Å². The quantitative estimate of drug-likeness (QED) is 0.795. The highest BCUT2D eigenvalue weighted by Gasteiger charge is 2.21. The summed E-state index contributed by atoms with van der Waals surface area (Å²) in [7, 11) is 1.39. The van der Waals surface area contributed by atoms with Crippen LogP contribution in [0.3, 0.4) is 0 Å². The summed E-state index contributed by atoms with van der Waals surface area (Å²) in [6.07, 6.45) is -0.665. The second-order valence-electron chi connectivity index (χ2n) is 5.17. The highest BCUT2D eigenvalue weighted by atomic mass is 16.6. The molecule has 0 radical (unpaired) electrons. The van der Waals surface area contributed by atoms with E-state index in [2.05, 4.69) is 5.43 Å². The molecule has 106 valence electrons. The van der Waals surface area contributed by atoms with Crippen LogP contribution in [0.25, 0.3) is 0 Å². The fraction of sp³-hybridized carbons (Fsp3) is 0.357. The molecule has 20 heavy (non-hydrogen) atoms. The smallest absolute Gasteiger partial charge is 0.428 e. The van der Waals surface area contributed by atoms with Crippen LogP contribution in [0.2, 0.25) is 0 Å². The van der Waals surface area contributed by atoms with E-state index in [1.807, 2.05) is 6.07 Å². The van der Waals surface area contributed by atoms with Crippen molar-refractivity contribution in [2.45, 2.75) is 26.4 Å². The third-order valence-corrected chi connectivity index (χ3v) is 2.19. The zero-order chi connectivity index (χ0) is 15.3. The molecule has 0 aliphatic carbocycles. The summed E-state index contributed by atoms with van der Waals surface area (Å²) < 4.78 is 5.10. The van der Waals surface area contributed by atoms with Crippen molar-refractivity contribution >= 4 is 12.0 Å². The van der Waals surface area contributed by atoms with Crippen molar-refractivity contribution in [1.29, 1.82) is 5.26 Å². The number of carbonyl (C=O) groups excluding carboxylic acids is 2. The van der Waals surface area contributed by atoms with Gasteiger partial charge in [-0.3, -0.25) is 10.2 Å². The fourth-order valence-corrected chi connectivity index (χ4v) is 1.32. The summed E-state index contributed by atoms with van der Waals surface area (Å²) in [5.74, 6) is -0.490. The SMILES string of the molecule is CN(NC(=O)c1cccc(C#N)c1)C(=O)OC(C)(C)C. The van der Waals surface area contributed by atoms with Crippen LogP contribution in [-0.4, -0.2) is 29.7 Å². The Hall–Kier alpha value is -2.55. The van der Waals surface area contributed by atoms with E-state index in [1.54, 1.807) is 39.0 Å². The summed E-state index contributed by atoms with van der Waals surface area (Å²) in [6, 6.07) is 8.13. The molecule has 0 aromatic heterocycles. The first kappa shape index (κ1) is 15.5. The van der Waals surface area contributed by atoms with Gasteiger partial charge >= 0.3 is 6.09 Å². The van der Waals surface area contributed by atoms with Crippen LogP contribution in [0.1, 0.15) is 36.7 Å². The lowest BCUT2D eigenvalue weighted by molar-refractivity contribution is 0.0195. The minimum absolute atomic E-state index is 0.291. The van der Waals surface area contributed by atoms with Gasteiger partial charge in [-0.2, -0.15) is 5.26 Å². The molecule has 0 aliphatic rings. The standard InChI is InChI=1S/C14H17N3O3/c1-14(2,3)20-13(19)17(4)16-12(18)11-7-5-6-10(8-11)9-15/h5-8H,1-4H3,(H,16,18). The molecule has 1 aromatic rings. The second-order valence-corrected chi connectivity index (χ2v) is 5.17. The van der Waals surface area contributed by atoms with Crippen molar-refractivity contribution in [3.63, 3.8) is 0 Å². The maximum atomic E-state index is 11.9. The molecule has 0 bridgehead atoms. The Labute approximate surface area is 117 Å². The normalized spacial score (nSPS) is 10.3. The molecule has 0 spiro atoms. The molecule has 0 atom stereocenters. The third-order valence-electron chi connectivity index (χ3n) is 2.19. The van der Waals surface area contributed by atoms with Gasteiger partial charge in [-0.05, 0) is 39.0 Å². The van der Waals surface area contributed by atoms with Gasteiger partial charge in [0.15, 0.2) is 0 Å². The molecule has 0 unspecified atom stereocenters. The molecule has 0 fully saturated rings. The number of nitrogens with one attached hydrogen (secondary N) is 1. The first-order valence-corrected chi connectivity index (χ1v) is 6.01. The number of ether oxygens (including phenoxy) is 1. The average molecular weight is 275 g/mol. The number of carbonyl (C=O) groups is 2. The van der Waals surface area contributed by atoms with E-state index >= 15 is 0 Å². The Kier molecular flexibility index (Phi) is 4.70.